The van der Waals surface area contributed by atoms with E-state index in [-0.39, 0.29) is 27.7 Å². The predicted octanol–water partition coefficient (Wildman–Crippen LogP) is 4.62. The van der Waals surface area contributed by atoms with Crippen molar-refractivity contribution in [2.45, 2.75) is 13.0 Å². The number of non-ortho nitro benzene ring substituents is 1. The SMILES string of the molecule is CC(OC(=O)c1ccccc1Oc1cccnc1)C(=O)Nc1ccc([N+](=O)[O-])cc1Cl. The lowest BCUT2D eigenvalue weighted by atomic mass is 10.2. The molecule has 9 nitrogen and oxygen atoms in total. The smallest absolute Gasteiger partial charge is 0.342 e. The summed E-state index contributed by atoms with van der Waals surface area (Å²) in [6.45, 7) is 1.39. The molecule has 158 valence electrons. The van der Waals surface area contributed by atoms with Gasteiger partial charge in [-0.2, -0.15) is 0 Å². The second kappa shape index (κ2) is 9.68. The van der Waals surface area contributed by atoms with Crippen molar-refractivity contribution < 1.29 is 24.0 Å². The number of benzene rings is 2. The van der Waals surface area contributed by atoms with Gasteiger partial charge in [0.1, 0.15) is 17.1 Å². The summed E-state index contributed by atoms with van der Waals surface area (Å²) in [4.78, 5) is 39.1. The van der Waals surface area contributed by atoms with E-state index in [1.54, 1.807) is 36.5 Å². The molecule has 1 atom stereocenters. The molecule has 1 amide bonds. The number of nitrogens with one attached hydrogen (secondary N) is 1. The molecule has 3 aromatic rings. The molecule has 0 aliphatic rings. The molecule has 1 N–H and O–H groups in total. The molecule has 0 aliphatic heterocycles. The van der Waals surface area contributed by atoms with Gasteiger partial charge in [0.25, 0.3) is 11.6 Å². The highest BCUT2D eigenvalue weighted by Crippen LogP contribution is 2.28. The van der Waals surface area contributed by atoms with Crippen LogP contribution in [0.2, 0.25) is 5.02 Å². The van der Waals surface area contributed by atoms with Crippen LogP contribution in [-0.4, -0.2) is 27.9 Å². The standard InChI is InChI=1S/C21H16ClN3O6/c1-13(20(26)24-18-9-8-14(25(28)29)11-17(18)22)30-21(27)16-6-2-3-7-19(16)31-15-5-4-10-23-12-15/h2-13H,1H3,(H,24,26). The Kier molecular flexibility index (Phi) is 6.78. The molecule has 0 radical (unpaired) electrons. The van der Waals surface area contributed by atoms with Gasteiger partial charge in [0.05, 0.1) is 21.8 Å². The molecule has 1 unspecified atom stereocenters. The number of hydrogen-bond acceptors (Lipinski definition) is 7. The number of nitro groups is 1. The van der Waals surface area contributed by atoms with Crippen LogP contribution in [-0.2, 0) is 9.53 Å². The number of amides is 1. The summed E-state index contributed by atoms with van der Waals surface area (Å²) < 4.78 is 10.9. The van der Waals surface area contributed by atoms with Crippen LogP contribution in [0.15, 0.2) is 67.0 Å². The zero-order chi connectivity index (χ0) is 22.4. The van der Waals surface area contributed by atoms with E-state index in [2.05, 4.69) is 10.3 Å². The summed E-state index contributed by atoms with van der Waals surface area (Å²) in [5, 5.41) is 13.2. The molecule has 10 heteroatoms. The average molecular weight is 442 g/mol. The number of aromatic nitrogens is 1. The molecule has 2 aromatic carbocycles. The normalized spacial score (nSPS) is 11.3. The van der Waals surface area contributed by atoms with Crippen molar-refractivity contribution in [2.24, 2.45) is 0 Å². The number of nitrogens with zero attached hydrogens (tertiary/aromatic N) is 2. The summed E-state index contributed by atoms with van der Waals surface area (Å²) in [6.07, 6.45) is 1.90. The van der Waals surface area contributed by atoms with E-state index in [1.807, 2.05) is 0 Å². The fourth-order valence-electron chi connectivity index (χ4n) is 2.49. The predicted molar refractivity (Wildman–Crippen MR) is 112 cm³/mol. The van der Waals surface area contributed by atoms with Gasteiger partial charge in [0.15, 0.2) is 6.10 Å². The van der Waals surface area contributed by atoms with E-state index in [0.717, 1.165) is 6.07 Å². The van der Waals surface area contributed by atoms with E-state index < -0.39 is 22.9 Å². The van der Waals surface area contributed by atoms with Crippen molar-refractivity contribution in [1.29, 1.82) is 0 Å². The quantitative estimate of drug-likeness (QED) is 0.322. The minimum Gasteiger partial charge on any atom is -0.455 e. The van der Waals surface area contributed by atoms with Gasteiger partial charge in [0, 0.05) is 18.3 Å². The Balaban J connectivity index is 1.68. The largest absolute Gasteiger partial charge is 0.455 e. The lowest BCUT2D eigenvalue weighted by molar-refractivity contribution is -0.384. The number of anilines is 1. The number of rotatable bonds is 7. The summed E-state index contributed by atoms with van der Waals surface area (Å²) in [6, 6.07) is 13.4. The van der Waals surface area contributed by atoms with Crippen LogP contribution in [0.25, 0.3) is 0 Å². The number of carbonyl (C=O) groups excluding carboxylic acids is 2. The molecule has 1 heterocycles. The summed E-state index contributed by atoms with van der Waals surface area (Å²) in [5.74, 6) is -0.750. The molecule has 0 fully saturated rings. The lowest BCUT2D eigenvalue weighted by Crippen LogP contribution is -2.30. The van der Waals surface area contributed by atoms with Crippen molar-refractivity contribution >= 4 is 34.9 Å². The molecule has 0 aliphatic carbocycles. The van der Waals surface area contributed by atoms with E-state index in [0.29, 0.717) is 5.75 Å². The fraction of sp³-hybridized carbons (Fsp3) is 0.0952. The maximum absolute atomic E-state index is 12.6. The van der Waals surface area contributed by atoms with Crippen molar-refractivity contribution in [3.05, 3.63) is 87.7 Å². The Morgan fingerprint density at radius 2 is 1.94 bits per heavy atom. The van der Waals surface area contributed by atoms with Gasteiger partial charge in [-0.3, -0.25) is 19.9 Å². The second-order valence-electron chi connectivity index (χ2n) is 6.24. The number of esters is 1. The molecule has 0 saturated carbocycles. The van der Waals surface area contributed by atoms with Gasteiger partial charge in [-0.15, -0.1) is 0 Å². The third-order valence-corrected chi connectivity index (χ3v) is 4.36. The number of hydrogen-bond donors (Lipinski definition) is 1. The minimum absolute atomic E-state index is 0.0173. The number of pyridine rings is 1. The van der Waals surface area contributed by atoms with Crippen LogP contribution < -0.4 is 10.1 Å². The average Bonchev–Trinajstić information content (AvgIpc) is 2.76. The molecule has 0 bridgehead atoms. The highest BCUT2D eigenvalue weighted by atomic mass is 35.5. The Hall–Kier alpha value is -3.98. The minimum atomic E-state index is -1.18. The summed E-state index contributed by atoms with van der Waals surface area (Å²) >= 11 is 5.97. The Morgan fingerprint density at radius 3 is 2.61 bits per heavy atom. The van der Waals surface area contributed by atoms with Gasteiger partial charge in [0.2, 0.25) is 0 Å². The second-order valence-corrected chi connectivity index (χ2v) is 6.65. The molecule has 3 rings (SSSR count). The van der Waals surface area contributed by atoms with E-state index >= 15 is 0 Å². The van der Waals surface area contributed by atoms with Gasteiger partial charge >= 0.3 is 5.97 Å². The number of para-hydroxylation sites is 1. The van der Waals surface area contributed by atoms with E-state index in [4.69, 9.17) is 21.1 Å². The Labute approximate surface area is 181 Å². The van der Waals surface area contributed by atoms with Crippen LogP contribution in [0, 0.1) is 10.1 Å². The molecule has 0 spiro atoms. The first-order valence-corrected chi connectivity index (χ1v) is 9.35. The van der Waals surface area contributed by atoms with Crippen molar-refractivity contribution in [3.63, 3.8) is 0 Å². The first-order valence-electron chi connectivity index (χ1n) is 8.98. The highest BCUT2D eigenvalue weighted by Gasteiger charge is 2.22. The zero-order valence-electron chi connectivity index (χ0n) is 16.2. The molecular weight excluding hydrogens is 426 g/mol. The lowest BCUT2D eigenvalue weighted by Gasteiger charge is -2.15. The van der Waals surface area contributed by atoms with Crippen molar-refractivity contribution in [1.82, 2.24) is 4.98 Å². The highest BCUT2D eigenvalue weighted by molar-refractivity contribution is 6.34. The molecule has 0 saturated heterocycles. The third-order valence-electron chi connectivity index (χ3n) is 4.04. The third kappa shape index (κ3) is 5.55. The first-order chi connectivity index (χ1) is 14.8. The number of carbonyl (C=O) groups is 2. The summed E-state index contributed by atoms with van der Waals surface area (Å²) in [5.41, 5.74) is 0.0625. The fourth-order valence-corrected chi connectivity index (χ4v) is 2.71. The first kappa shape index (κ1) is 21.7. The maximum Gasteiger partial charge on any atom is 0.342 e. The molecular formula is C21H16ClN3O6. The van der Waals surface area contributed by atoms with Crippen LogP contribution in [0.1, 0.15) is 17.3 Å². The maximum atomic E-state index is 12.6. The topological polar surface area (TPSA) is 121 Å². The van der Waals surface area contributed by atoms with Crippen LogP contribution >= 0.6 is 11.6 Å². The van der Waals surface area contributed by atoms with Gasteiger partial charge in [-0.1, -0.05) is 23.7 Å². The van der Waals surface area contributed by atoms with Crippen LogP contribution in [0.5, 0.6) is 11.5 Å². The van der Waals surface area contributed by atoms with E-state index in [9.17, 15) is 19.7 Å². The van der Waals surface area contributed by atoms with Crippen molar-refractivity contribution in [3.8, 4) is 11.5 Å². The molecule has 1 aromatic heterocycles. The van der Waals surface area contributed by atoms with Crippen molar-refractivity contribution in [2.75, 3.05) is 5.32 Å². The number of ether oxygens (including phenoxy) is 2. The molecule has 31 heavy (non-hydrogen) atoms. The van der Waals surface area contributed by atoms with E-state index in [1.165, 1.54) is 31.3 Å². The summed E-state index contributed by atoms with van der Waals surface area (Å²) in [7, 11) is 0. The number of halogens is 1. The van der Waals surface area contributed by atoms with Crippen LogP contribution in [0.3, 0.4) is 0 Å². The monoisotopic (exact) mass is 441 g/mol. The number of nitro benzene ring substituents is 1. The van der Waals surface area contributed by atoms with Gasteiger partial charge < -0.3 is 14.8 Å². The zero-order valence-corrected chi connectivity index (χ0v) is 16.9. The van der Waals surface area contributed by atoms with Gasteiger partial charge in [-0.25, -0.2) is 4.79 Å². The Morgan fingerprint density at radius 1 is 1.16 bits per heavy atom. The van der Waals surface area contributed by atoms with Gasteiger partial charge in [-0.05, 0) is 37.3 Å². The van der Waals surface area contributed by atoms with Crippen LogP contribution in [0.4, 0.5) is 11.4 Å². The Bertz CT molecular complexity index is 1120.